The Labute approximate surface area is 218 Å². The molecule has 0 radical (unpaired) electrons. The summed E-state index contributed by atoms with van der Waals surface area (Å²) in [6, 6.07) is 6.96. The topological polar surface area (TPSA) is 81.6 Å². The third-order valence-corrected chi connectivity index (χ3v) is 9.28. The second-order valence-electron chi connectivity index (χ2n) is 12.4. The number of aromatic nitrogens is 2. The van der Waals surface area contributed by atoms with Crippen LogP contribution >= 0.6 is 0 Å². The number of piperazine rings is 1. The van der Waals surface area contributed by atoms with Gasteiger partial charge in [0, 0.05) is 37.9 Å². The van der Waals surface area contributed by atoms with E-state index in [1.54, 1.807) is 38.2 Å². The predicted octanol–water partition coefficient (Wildman–Crippen LogP) is 4.11. The summed E-state index contributed by atoms with van der Waals surface area (Å²) in [5.74, 6) is 3.09. The SMILES string of the molecule is CC1CN(c2ccc(C(C)(C)O)cc2F)CCN1c1nccc(C(=O)NC2C3CC4CC(C3)CC2C4)n1. The molecule has 0 spiro atoms. The van der Waals surface area contributed by atoms with E-state index in [1.807, 2.05) is 4.90 Å². The summed E-state index contributed by atoms with van der Waals surface area (Å²) in [7, 11) is 0. The van der Waals surface area contributed by atoms with E-state index in [0.29, 0.717) is 54.4 Å². The van der Waals surface area contributed by atoms with Gasteiger partial charge in [-0.15, -0.1) is 0 Å². The maximum Gasteiger partial charge on any atom is 0.270 e. The minimum atomic E-state index is -1.09. The molecule has 2 aromatic rings. The number of rotatable bonds is 5. The van der Waals surface area contributed by atoms with Gasteiger partial charge in [-0.2, -0.15) is 0 Å². The maximum absolute atomic E-state index is 14.9. The molecule has 1 unspecified atom stereocenters. The van der Waals surface area contributed by atoms with Gasteiger partial charge in [0.1, 0.15) is 11.5 Å². The van der Waals surface area contributed by atoms with Crippen molar-refractivity contribution < 1.29 is 14.3 Å². The van der Waals surface area contributed by atoms with E-state index in [0.717, 1.165) is 11.8 Å². The van der Waals surface area contributed by atoms with Crippen molar-refractivity contribution in [2.75, 3.05) is 29.4 Å². The van der Waals surface area contributed by atoms with Crippen molar-refractivity contribution in [3.05, 3.63) is 47.5 Å². The Kier molecular flexibility index (Phi) is 6.13. The van der Waals surface area contributed by atoms with Crippen molar-refractivity contribution in [3.63, 3.8) is 0 Å². The van der Waals surface area contributed by atoms with Gasteiger partial charge in [-0.3, -0.25) is 4.79 Å². The summed E-state index contributed by atoms with van der Waals surface area (Å²) in [5, 5.41) is 13.5. The minimum Gasteiger partial charge on any atom is -0.386 e. The highest BCUT2D eigenvalue weighted by Crippen LogP contribution is 2.53. The number of hydrogen-bond acceptors (Lipinski definition) is 6. The molecule has 1 atom stereocenters. The summed E-state index contributed by atoms with van der Waals surface area (Å²) in [6.07, 6.45) is 8.10. The number of nitrogens with zero attached hydrogens (tertiary/aromatic N) is 4. The van der Waals surface area contributed by atoms with Gasteiger partial charge >= 0.3 is 0 Å². The smallest absolute Gasteiger partial charge is 0.270 e. The Morgan fingerprint density at radius 1 is 1.08 bits per heavy atom. The largest absolute Gasteiger partial charge is 0.386 e. The third kappa shape index (κ3) is 4.69. The third-order valence-electron chi connectivity index (χ3n) is 9.28. The minimum absolute atomic E-state index is 0.0323. The fourth-order valence-corrected chi connectivity index (χ4v) is 7.62. The van der Waals surface area contributed by atoms with Gasteiger partial charge < -0.3 is 20.2 Å². The Balaban J connectivity index is 1.12. The maximum atomic E-state index is 14.9. The zero-order valence-electron chi connectivity index (χ0n) is 22.0. The lowest BCUT2D eigenvalue weighted by Gasteiger charge is -2.54. The van der Waals surface area contributed by atoms with Crippen LogP contribution in [0, 0.1) is 29.5 Å². The second-order valence-corrected chi connectivity index (χ2v) is 12.4. The summed E-state index contributed by atoms with van der Waals surface area (Å²) >= 11 is 0. The van der Waals surface area contributed by atoms with E-state index in [1.165, 1.54) is 38.2 Å². The van der Waals surface area contributed by atoms with Crippen LogP contribution in [0.5, 0.6) is 0 Å². The van der Waals surface area contributed by atoms with Gasteiger partial charge in [0.15, 0.2) is 0 Å². The monoisotopic (exact) mass is 507 g/mol. The van der Waals surface area contributed by atoms with E-state index >= 15 is 0 Å². The van der Waals surface area contributed by atoms with E-state index in [-0.39, 0.29) is 23.8 Å². The molecule has 2 N–H and O–H groups in total. The van der Waals surface area contributed by atoms with Crippen molar-refractivity contribution in [2.24, 2.45) is 23.7 Å². The van der Waals surface area contributed by atoms with Crippen LogP contribution < -0.4 is 15.1 Å². The zero-order valence-corrected chi connectivity index (χ0v) is 22.0. The van der Waals surface area contributed by atoms with Crippen molar-refractivity contribution in [1.82, 2.24) is 15.3 Å². The Bertz CT molecular complexity index is 1150. The highest BCUT2D eigenvalue weighted by molar-refractivity contribution is 5.92. The number of nitrogens with one attached hydrogen (secondary N) is 1. The second kappa shape index (κ2) is 9.22. The molecule has 5 aliphatic rings. The van der Waals surface area contributed by atoms with Gasteiger partial charge in [-0.1, -0.05) is 6.07 Å². The lowest BCUT2D eigenvalue weighted by molar-refractivity contribution is -0.0120. The van der Waals surface area contributed by atoms with Gasteiger partial charge in [-0.05, 0) is 100 Å². The van der Waals surface area contributed by atoms with E-state index < -0.39 is 5.60 Å². The van der Waals surface area contributed by atoms with Crippen LogP contribution in [-0.2, 0) is 5.60 Å². The Hall–Kier alpha value is -2.74. The number of hydrogen-bond donors (Lipinski definition) is 2. The van der Waals surface area contributed by atoms with E-state index in [2.05, 4.69) is 27.1 Å². The number of aliphatic hydroxyl groups is 1. The highest BCUT2D eigenvalue weighted by Gasteiger charge is 2.48. The van der Waals surface area contributed by atoms with Crippen LogP contribution in [0.15, 0.2) is 30.5 Å². The molecule has 7 rings (SSSR count). The summed E-state index contributed by atoms with van der Waals surface area (Å²) in [5.41, 5.74) is 0.416. The molecular weight excluding hydrogens is 469 g/mol. The number of anilines is 2. The summed E-state index contributed by atoms with van der Waals surface area (Å²) < 4.78 is 14.9. The fraction of sp³-hybridized carbons (Fsp3) is 0.621. The van der Waals surface area contributed by atoms with Crippen molar-refractivity contribution in [1.29, 1.82) is 0 Å². The summed E-state index contributed by atoms with van der Waals surface area (Å²) in [4.78, 5) is 26.5. The Morgan fingerprint density at radius 2 is 1.78 bits per heavy atom. The molecular formula is C29H38FN5O2. The molecule has 1 amide bonds. The predicted molar refractivity (Wildman–Crippen MR) is 141 cm³/mol. The van der Waals surface area contributed by atoms with Gasteiger partial charge in [0.25, 0.3) is 5.91 Å². The first-order valence-electron chi connectivity index (χ1n) is 13.8. The lowest BCUT2D eigenvalue weighted by Crippen LogP contribution is -2.56. The van der Waals surface area contributed by atoms with Gasteiger partial charge in [-0.25, -0.2) is 14.4 Å². The molecule has 1 saturated heterocycles. The van der Waals surface area contributed by atoms with Crippen LogP contribution in [0.2, 0.25) is 0 Å². The fourth-order valence-electron chi connectivity index (χ4n) is 7.62. The van der Waals surface area contributed by atoms with E-state index in [9.17, 15) is 14.3 Å². The first-order chi connectivity index (χ1) is 17.7. The Morgan fingerprint density at radius 3 is 2.41 bits per heavy atom. The van der Waals surface area contributed by atoms with Crippen molar-refractivity contribution in [2.45, 2.75) is 70.6 Å². The molecule has 1 aliphatic heterocycles. The van der Waals surface area contributed by atoms with Crippen LogP contribution in [0.3, 0.4) is 0 Å². The molecule has 4 bridgehead atoms. The molecule has 8 heteroatoms. The lowest BCUT2D eigenvalue weighted by atomic mass is 9.54. The zero-order chi connectivity index (χ0) is 25.9. The number of benzene rings is 1. The van der Waals surface area contributed by atoms with Gasteiger partial charge in [0.05, 0.1) is 11.3 Å². The molecule has 5 fully saturated rings. The number of amides is 1. The standard InChI is InChI=1S/C29H38FN5O2/c1-17-16-34(25-5-4-22(15-23(25)30)29(2,3)37)8-9-35(17)28-31-7-6-24(32-28)27(36)33-26-20-11-18-10-19(13-20)14-21(26)12-18/h4-7,15,17-21,26,37H,8-14,16H2,1-3H3,(H,33,36). The molecule has 7 nitrogen and oxygen atoms in total. The molecule has 37 heavy (non-hydrogen) atoms. The van der Waals surface area contributed by atoms with Crippen LogP contribution in [0.4, 0.5) is 16.0 Å². The van der Waals surface area contributed by atoms with Gasteiger partial charge in [0.2, 0.25) is 5.95 Å². The number of halogens is 1. The van der Waals surface area contributed by atoms with Crippen LogP contribution in [-0.4, -0.2) is 52.7 Å². The number of carbonyl (C=O) groups is 1. The average molecular weight is 508 g/mol. The molecule has 4 aliphatic carbocycles. The first kappa shape index (κ1) is 24.6. The van der Waals surface area contributed by atoms with E-state index in [4.69, 9.17) is 0 Å². The highest BCUT2D eigenvalue weighted by atomic mass is 19.1. The molecule has 4 saturated carbocycles. The van der Waals surface area contributed by atoms with Crippen LogP contribution in [0.1, 0.15) is 68.9 Å². The summed E-state index contributed by atoms with van der Waals surface area (Å²) in [6.45, 7) is 7.21. The average Bonchev–Trinajstić information content (AvgIpc) is 2.85. The van der Waals surface area contributed by atoms with Crippen molar-refractivity contribution in [3.8, 4) is 0 Å². The molecule has 2 heterocycles. The first-order valence-corrected chi connectivity index (χ1v) is 13.8. The normalized spacial score (nSPS) is 31.1. The quantitative estimate of drug-likeness (QED) is 0.634. The molecule has 198 valence electrons. The molecule has 1 aromatic carbocycles. The van der Waals surface area contributed by atoms with Crippen LogP contribution in [0.25, 0.3) is 0 Å². The molecule has 1 aromatic heterocycles. The van der Waals surface area contributed by atoms with Crippen molar-refractivity contribution >= 4 is 17.5 Å². The number of carbonyl (C=O) groups excluding carboxylic acids is 1.